The second-order valence-corrected chi connectivity index (χ2v) is 7.07. The number of nitrogens with one attached hydrogen (secondary N) is 1. The van der Waals surface area contributed by atoms with Gasteiger partial charge in [0.25, 0.3) is 0 Å². The Bertz CT molecular complexity index is 844. The number of pyridine rings is 1. The third-order valence-corrected chi connectivity index (χ3v) is 5.25. The molecule has 0 radical (unpaired) electrons. The van der Waals surface area contributed by atoms with E-state index in [1.807, 2.05) is 17.0 Å². The molecule has 5 nitrogen and oxygen atoms in total. The lowest BCUT2D eigenvalue weighted by Gasteiger charge is -2.36. The predicted molar refractivity (Wildman–Crippen MR) is 95.5 cm³/mol. The molecule has 0 spiro atoms. The van der Waals surface area contributed by atoms with Gasteiger partial charge < -0.3 is 15.0 Å². The van der Waals surface area contributed by atoms with Crippen LogP contribution in [-0.4, -0.2) is 41.8 Å². The van der Waals surface area contributed by atoms with Crippen LogP contribution < -0.4 is 10.1 Å². The highest BCUT2D eigenvalue weighted by Gasteiger charge is 2.49. The van der Waals surface area contributed by atoms with Crippen molar-refractivity contribution in [3.63, 3.8) is 0 Å². The van der Waals surface area contributed by atoms with Crippen molar-refractivity contribution in [2.45, 2.75) is 24.7 Å². The van der Waals surface area contributed by atoms with Crippen molar-refractivity contribution >= 4 is 5.91 Å². The van der Waals surface area contributed by atoms with Crippen LogP contribution in [-0.2, 0) is 4.79 Å². The molecule has 1 aromatic heterocycles. The van der Waals surface area contributed by atoms with Crippen molar-refractivity contribution < 1.29 is 22.7 Å². The summed E-state index contributed by atoms with van der Waals surface area (Å²) in [6.07, 6.45) is -0.801. The Morgan fingerprint density at radius 1 is 1.21 bits per heavy atom. The second-order valence-electron chi connectivity index (χ2n) is 7.07. The highest BCUT2D eigenvalue weighted by Crippen LogP contribution is 2.52. The van der Waals surface area contributed by atoms with Crippen LogP contribution in [0.4, 0.5) is 13.2 Å². The topological polar surface area (TPSA) is 54.5 Å². The van der Waals surface area contributed by atoms with Crippen molar-refractivity contribution in [2.75, 3.05) is 19.6 Å². The van der Waals surface area contributed by atoms with Gasteiger partial charge in [0, 0.05) is 37.9 Å². The number of hydrogen-bond acceptors (Lipinski definition) is 4. The molecule has 0 bridgehead atoms. The van der Waals surface area contributed by atoms with E-state index in [0.717, 1.165) is 5.56 Å². The Balaban J connectivity index is 1.51. The number of para-hydroxylation sites is 1. The van der Waals surface area contributed by atoms with Crippen LogP contribution in [0, 0.1) is 5.92 Å². The molecule has 2 fully saturated rings. The van der Waals surface area contributed by atoms with E-state index in [9.17, 15) is 18.0 Å². The average Bonchev–Trinajstić information content (AvgIpc) is 3.48. The lowest BCUT2D eigenvalue weighted by Crippen LogP contribution is -2.49. The minimum atomic E-state index is -4.76. The minimum Gasteiger partial charge on any atom is -0.405 e. The van der Waals surface area contributed by atoms with E-state index in [1.165, 1.54) is 12.1 Å². The molecule has 1 N–H and O–H groups in total. The number of alkyl halides is 3. The van der Waals surface area contributed by atoms with Crippen LogP contribution in [0.1, 0.15) is 29.5 Å². The maximum Gasteiger partial charge on any atom is 0.573 e. The van der Waals surface area contributed by atoms with Crippen molar-refractivity contribution in [3.05, 3.63) is 59.9 Å². The van der Waals surface area contributed by atoms with E-state index in [-0.39, 0.29) is 29.5 Å². The first-order valence-electron chi connectivity index (χ1n) is 9.20. The summed E-state index contributed by atoms with van der Waals surface area (Å²) in [5, 5.41) is 3.29. The van der Waals surface area contributed by atoms with Crippen LogP contribution in [0.25, 0.3) is 0 Å². The predicted octanol–water partition coefficient (Wildman–Crippen LogP) is 3.26. The molecule has 2 aromatic rings. The molecule has 2 aliphatic rings. The van der Waals surface area contributed by atoms with Crippen molar-refractivity contribution in [3.8, 4) is 5.75 Å². The fraction of sp³-hybridized carbons (Fsp3) is 0.400. The molecular weight excluding hydrogens is 371 g/mol. The molecule has 148 valence electrons. The monoisotopic (exact) mass is 391 g/mol. The molecule has 1 saturated carbocycles. The van der Waals surface area contributed by atoms with E-state index in [0.29, 0.717) is 31.6 Å². The number of ether oxygens (including phenoxy) is 1. The number of halogens is 3. The number of piperazine rings is 1. The number of hydrogen-bond donors (Lipinski definition) is 1. The van der Waals surface area contributed by atoms with Gasteiger partial charge in [0.15, 0.2) is 0 Å². The number of rotatable bonds is 4. The maximum absolute atomic E-state index is 13.1. The summed E-state index contributed by atoms with van der Waals surface area (Å²) < 4.78 is 42.2. The number of carbonyl (C=O) groups is 1. The van der Waals surface area contributed by atoms with Gasteiger partial charge in [-0.1, -0.05) is 24.3 Å². The number of amides is 1. The first-order valence-corrected chi connectivity index (χ1v) is 9.20. The highest BCUT2D eigenvalue weighted by molar-refractivity contribution is 5.84. The van der Waals surface area contributed by atoms with Crippen LogP contribution in [0.15, 0.2) is 48.8 Å². The van der Waals surface area contributed by atoms with E-state index < -0.39 is 6.36 Å². The second kappa shape index (κ2) is 7.43. The minimum absolute atomic E-state index is 0.0258. The molecule has 4 rings (SSSR count). The molecule has 1 aromatic carbocycles. The van der Waals surface area contributed by atoms with Gasteiger partial charge in [-0.3, -0.25) is 9.78 Å². The number of nitrogens with zero attached hydrogens (tertiary/aromatic N) is 2. The summed E-state index contributed by atoms with van der Waals surface area (Å²) in [6.45, 7) is 1.87. The van der Waals surface area contributed by atoms with Gasteiger partial charge in [0.2, 0.25) is 5.91 Å². The highest BCUT2D eigenvalue weighted by atomic mass is 19.4. The first-order chi connectivity index (χ1) is 13.4. The summed E-state index contributed by atoms with van der Waals surface area (Å²) in [5.74, 6) is -0.827. The lowest BCUT2D eigenvalue weighted by molar-refractivity contribution is -0.274. The standard InChI is InChI=1S/C20H20F3N3O2/c21-20(22,23)28-18-6-2-1-5-14(18)15-10-16(15)19(27)26-9-8-25-12-17(26)13-4-3-7-24-11-13/h1-7,11,15-17,25H,8-10,12H2. The van der Waals surface area contributed by atoms with Crippen LogP contribution in [0.5, 0.6) is 5.75 Å². The fourth-order valence-electron chi connectivity index (χ4n) is 3.87. The molecule has 3 atom stereocenters. The SMILES string of the molecule is O=C(C1CC1c1ccccc1OC(F)(F)F)N1CCNCC1c1cccnc1. The van der Waals surface area contributed by atoms with Gasteiger partial charge in [-0.05, 0) is 35.6 Å². The summed E-state index contributed by atoms with van der Waals surface area (Å²) in [5.41, 5.74) is 1.38. The van der Waals surface area contributed by atoms with Gasteiger partial charge in [0.05, 0.1) is 6.04 Å². The summed E-state index contributed by atoms with van der Waals surface area (Å²) in [4.78, 5) is 19.1. The first kappa shape index (κ1) is 18.7. The Morgan fingerprint density at radius 3 is 2.79 bits per heavy atom. The summed E-state index contributed by atoms with van der Waals surface area (Å²) in [6, 6.07) is 9.71. The number of aromatic nitrogens is 1. The van der Waals surface area contributed by atoms with Crippen molar-refractivity contribution in [2.24, 2.45) is 5.92 Å². The van der Waals surface area contributed by atoms with Gasteiger partial charge in [-0.15, -0.1) is 13.2 Å². The number of benzene rings is 1. The molecule has 2 heterocycles. The lowest BCUT2D eigenvalue weighted by atomic mass is 10.0. The third kappa shape index (κ3) is 3.96. The molecule has 1 aliphatic carbocycles. The van der Waals surface area contributed by atoms with Crippen LogP contribution in [0.2, 0.25) is 0 Å². The van der Waals surface area contributed by atoms with Gasteiger partial charge >= 0.3 is 6.36 Å². The molecule has 8 heteroatoms. The van der Waals surface area contributed by atoms with Gasteiger partial charge in [0.1, 0.15) is 5.75 Å². The molecular formula is C20H20F3N3O2. The van der Waals surface area contributed by atoms with E-state index >= 15 is 0 Å². The summed E-state index contributed by atoms with van der Waals surface area (Å²) in [7, 11) is 0. The van der Waals surface area contributed by atoms with Crippen molar-refractivity contribution in [1.82, 2.24) is 15.2 Å². The Kier molecular flexibility index (Phi) is 4.97. The normalized spacial score (nSPS) is 24.7. The molecule has 3 unspecified atom stereocenters. The van der Waals surface area contributed by atoms with Crippen LogP contribution in [0.3, 0.4) is 0 Å². The van der Waals surface area contributed by atoms with E-state index in [4.69, 9.17) is 0 Å². The van der Waals surface area contributed by atoms with Gasteiger partial charge in [-0.2, -0.15) is 0 Å². The zero-order chi connectivity index (χ0) is 19.7. The molecule has 28 heavy (non-hydrogen) atoms. The summed E-state index contributed by atoms with van der Waals surface area (Å²) >= 11 is 0. The maximum atomic E-state index is 13.1. The quantitative estimate of drug-likeness (QED) is 0.869. The number of carbonyl (C=O) groups excluding carboxylic acids is 1. The third-order valence-electron chi connectivity index (χ3n) is 5.25. The Labute approximate surface area is 160 Å². The fourth-order valence-corrected chi connectivity index (χ4v) is 3.87. The zero-order valence-corrected chi connectivity index (χ0v) is 15.0. The molecule has 1 aliphatic heterocycles. The average molecular weight is 391 g/mol. The van der Waals surface area contributed by atoms with Crippen molar-refractivity contribution in [1.29, 1.82) is 0 Å². The van der Waals surface area contributed by atoms with Gasteiger partial charge in [-0.25, -0.2) is 0 Å². The Hall–Kier alpha value is -2.61. The van der Waals surface area contributed by atoms with E-state index in [2.05, 4.69) is 15.0 Å². The molecule has 1 amide bonds. The Morgan fingerprint density at radius 2 is 2.04 bits per heavy atom. The smallest absolute Gasteiger partial charge is 0.405 e. The zero-order valence-electron chi connectivity index (χ0n) is 15.0. The van der Waals surface area contributed by atoms with Crippen LogP contribution >= 0.6 is 0 Å². The largest absolute Gasteiger partial charge is 0.573 e. The van der Waals surface area contributed by atoms with E-state index in [1.54, 1.807) is 24.5 Å². The molecule has 1 saturated heterocycles.